The summed E-state index contributed by atoms with van der Waals surface area (Å²) in [5, 5.41) is 12.9. The van der Waals surface area contributed by atoms with Gasteiger partial charge in [0.1, 0.15) is 6.42 Å². The molecule has 17 heavy (non-hydrogen) atoms. The van der Waals surface area contributed by atoms with Crippen LogP contribution >= 0.6 is 0 Å². The molecule has 0 bridgehead atoms. The van der Waals surface area contributed by atoms with Gasteiger partial charge in [-0.25, -0.2) is 9.50 Å². The van der Waals surface area contributed by atoms with Crippen LogP contribution in [0.3, 0.4) is 0 Å². The first-order chi connectivity index (χ1) is 7.88. The van der Waals surface area contributed by atoms with Gasteiger partial charge in [-0.05, 0) is 6.07 Å². The molecule has 6 heteroatoms. The molecular formula is C11H14N4O2. The molecule has 2 aromatic heterocycles. The van der Waals surface area contributed by atoms with Crippen molar-refractivity contribution in [2.24, 2.45) is 0 Å². The Kier molecular flexibility index (Phi) is 2.57. The third-order valence-corrected chi connectivity index (χ3v) is 2.36. The van der Waals surface area contributed by atoms with Crippen molar-refractivity contribution in [3.8, 4) is 0 Å². The van der Waals surface area contributed by atoms with E-state index in [1.54, 1.807) is 10.7 Å². The van der Waals surface area contributed by atoms with Crippen molar-refractivity contribution in [2.45, 2.75) is 32.6 Å². The van der Waals surface area contributed by atoms with Crippen LogP contribution in [0.4, 0.5) is 0 Å². The van der Waals surface area contributed by atoms with Gasteiger partial charge in [-0.1, -0.05) is 20.8 Å². The largest absolute Gasteiger partial charge is 0.481 e. The molecule has 2 heterocycles. The molecule has 0 aliphatic carbocycles. The van der Waals surface area contributed by atoms with Gasteiger partial charge in [0.2, 0.25) is 0 Å². The van der Waals surface area contributed by atoms with Crippen molar-refractivity contribution >= 4 is 11.7 Å². The fourth-order valence-corrected chi connectivity index (χ4v) is 1.61. The standard InChI is InChI=1S/C11H14N4O2/c1-11(2,3)7-4-5-12-10-13-8(6-9(16)17)14-15(7)10/h4-5H,6H2,1-3H3,(H,16,17). The number of nitrogens with zero attached hydrogens (tertiary/aromatic N) is 4. The van der Waals surface area contributed by atoms with Crippen LogP contribution in [0.1, 0.15) is 32.3 Å². The molecule has 2 aromatic rings. The van der Waals surface area contributed by atoms with Crippen molar-refractivity contribution in [1.29, 1.82) is 0 Å². The predicted molar refractivity (Wildman–Crippen MR) is 60.8 cm³/mol. The van der Waals surface area contributed by atoms with Gasteiger partial charge in [0.05, 0.1) is 5.69 Å². The summed E-state index contributed by atoms with van der Waals surface area (Å²) in [5.41, 5.74) is 0.849. The summed E-state index contributed by atoms with van der Waals surface area (Å²) in [5.74, 6) is -0.228. The lowest BCUT2D eigenvalue weighted by atomic mass is 9.92. The number of hydrogen-bond donors (Lipinski definition) is 1. The number of carboxylic acid groups (broad SMARTS) is 1. The maximum absolute atomic E-state index is 10.6. The Labute approximate surface area is 98.3 Å². The van der Waals surface area contributed by atoms with Crippen LogP contribution < -0.4 is 0 Å². The topological polar surface area (TPSA) is 80.4 Å². The summed E-state index contributed by atoms with van der Waals surface area (Å²) >= 11 is 0. The molecule has 90 valence electrons. The van der Waals surface area contributed by atoms with E-state index < -0.39 is 5.97 Å². The molecule has 0 aliphatic rings. The van der Waals surface area contributed by atoms with Gasteiger partial charge in [0.15, 0.2) is 5.82 Å². The smallest absolute Gasteiger partial charge is 0.311 e. The Morgan fingerprint density at radius 1 is 1.47 bits per heavy atom. The monoisotopic (exact) mass is 234 g/mol. The quantitative estimate of drug-likeness (QED) is 0.840. The van der Waals surface area contributed by atoms with Crippen LogP contribution in [0.25, 0.3) is 5.78 Å². The van der Waals surface area contributed by atoms with Crippen molar-refractivity contribution < 1.29 is 9.90 Å². The highest BCUT2D eigenvalue weighted by Gasteiger charge is 2.19. The molecule has 0 radical (unpaired) electrons. The van der Waals surface area contributed by atoms with E-state index in [1.165, 1.54) is 0 Å². The second-order valence-corrected chi connectivity index (χ2v) is 4.89. The number of rotatable bonds is 2. The summed E-state index contributed by atoms with van der Waals surface area (Å²) in [4.78, 5) is 18.8. The highest BCUT2D eigenvalue weighted by molar-refractivity contribution is 5.69. The summed E-state index contributed by atoms with van der Waals surface area (Å²) < 4.78 is 1.61. The fraction of sp³-hybridized carbons (Fsp3) is 0.455. The fourth-order valence-electron chi connectivity index (χ4n) is 1.61. The molecule has 1 N–H and O–H groups in total. The van der Waals surface area contributed by atoms with E-state index in [4.69, 9.17) is 5.11 Å². The normalized spacial score (nSPS) is 11.9. The Hall–Kier alpha value is -1.98. The Balaban J connectivity index is 2.57. The van der Waals surface area contributed by atoms with Gasteiger partial charge in [-0.15, -0.1) is 5.10 Å². The summed E-state index contributed by atoms with van der Waals surface area (Å²) in [6.45, 7) is 6.17. The molecule has 6 nitrogen and oxygen atoms in total. The Morgan fingerprint density at radius 3 is 2.76 bits per heavy atom. The van der Waals surface area contributed by atoms with Crippen molar-refractivity contribution in [3.05, 3.63) is 23.8 Å². The van der Waals surface area contributed by atoms with Crippen molar-refractivity contribution in [1.82, 2.24) is 19.6 Å². The van der Waals surface area contributed by atoms with Gasteiger partial charge in [0.25, 0.3) is 5.78 Å². The van der Waals surface area contributed by atoms with Gasteiger partial charge in [0, 0.05) is 11.6 Å². The number of aromatic nitrogens is 4. The molecule has 0 amide bonds. The molecule has 0 aromatic carbocycles. The van der Waals surface area contributed by atoms with Crippen molar-refractivity contribution in [2.75, 3.05) is 0 Å². The van der Waals surface area contributed by atoms with E-state index in [1.807, 2.05) is 6.07 Å². The highest BCUT2D eigenvalue weighted by atomic mass is 16.4. The minimum absolute atomic E-state index is 0.102. The second-order valence-electron chi connectivity index (χ2n) is 4.89. The van der Waals surface area contributed by atoms with Crippen LogP contribution in [0.5, 0.6) is 0 Å². The van der Waals surface area contributed by atoms with Crippen molar-refractivity contribution in [3.63, 3.8) is 0 Å². The Bertz CT molecular complexity index is 568. The van der Waals surface area contributed by atoms with E-state index in [2.05, 4.69) is 35.8 Å². The molecule has 0 unspecified atom stereocenters. The maximum Gasteiger partial charge on any atom is 0.311 e. The number of carbonyl (C=O) groups is 1. The van der Waals surface area contributed by atoms with Crippen LogP contribution in [0.2, 0.25) is 0 Å². The summed E-state index contributed by atoms with van der Waals surface area (Å²) in [7, 11) is 0. The molecule has 2 rings (SSSR count). The number of fused-ring (bicyclic) bond motifs is 1. The average molecular weight is 234 g/mol. The van der Waals surface area contributed by atoms with Crippen LogP contribution in [0.15, 0.2) is 12.3 Å². The lowest BCUT2D eigenvalue weighted by Gasteiger charge is -2.18. The zero-order chi connectivity index (χ0) is 12.6. The van der Waals surface area contributed by atoms with Gasteiger partial charge < -0.3 is 5.11 Å². The molecule has 0 fully saturated rings. The molecule has 0 saturated carbocycles. The average Bonchev–Trinajstić information content (AvgIpc) is 2.55. The van der Waals surface area contributed by atoms with Crippen LogP contribution in [-0.4, -0.2) is 30.7 Å². The molecule has 0 saturated heterocycles. The van der Waals surface area contributed by atoms with E-state index in [9.17, 15) is 4.79 Å². The summed E-state index contributed by atoms with van der Waals surface area (Å²) in [6.07, 6.45) is 1.47. The first kappa shape index (κ1) is 11.5. The highest BCUT2D eigenvalue weighted by Crippen LogP contribution is 2.21. The predicted octanol–water partition coefficient (Wildman–Crippen LogP) is 1.05. The summed E-state index contributed by atoms with van der Waals surface area (Å²) in [6, 6.07) is 1.87. The SMILES string of the molecule is CC(C)(C)c1ccnc2nc(CC(=O)O)nn12. The van der Waals surface area contributed by atoms with Gasteiger partial charge >= 0.3 is 5.97 Å². The minimum atomic E-state index is -0.946. The molecule has 0 aliphatic heterocycles. The van der Waals surface area contributed by atoms with Crippen LogP contribution in [0, 0.1) is 0 Å². The molecule has 0 atom stereocenters. The van der Waals surface area contributed by atoms with E-state index >= 15 is 0 Å². The third kappa shape index (κ3) is 2.25. The van der Waals surface area contributed by atoms with Gasteiger partial charge in [-0.3, -0.25) is 4.79 Å². The van der Waals surface area contributed by atoms with Crippen LogP contribution in [-0.2, 0) is 16.6 Å². The van der Waals surface area contributed by atoms with E-state index in [0.717, 1.165) is 5.69 Å². The lowest BCUT2D eigenvalue weighted by Crippen LogP contribution is -2.17. The van der Waals surface area contributed by atoms with E-state index in [-0.39, 0.29) is 17.7 Å². The zero-order valence-electron chi connectivity index (χ0n) is 10.0. The molecular weight excluding hydrogens is 220 g/mol. The first-order valence-corrected chi connectivity index (χ1v) is 5.31. The number of hydrogen-bond acceptors (Lipinski definition) is 4. The molecule has 0 spiro atoms. The zero-order valence-corrected chi connectivity index (χ0v) is 10.0. The number of aliphatic carboxylic acids is 1. The van der Waals surface area contributed by atoms with Gasteiger partial charge in [-0.2, -0.15) is 4.98 Å². The Morgan fingerprint density at radius 2 is 2.18 bits per heavy atom. The maximum atomic E-state index is 10.6. The first-order valence-electron chi connectivity index (χ1n) is 5.31. The third-order valence-electron chi connectivity index (χ3n) is 2.36. The lowest BCUT2D eigenvalue weighted by molar-refractivity contribution is -0.136. The minimum Gasteiger partial charge on any atom is -0.481 e. The van der Waals surface area contributed by atoms with E-state index in [0.29, 0.717) is 5.78 Å². The number of carboxylic acids is 1. The second kappa shape index (κ2) is 3.80.